The second-order valence-electron chi connectivity index (χ2n) is 5.83. The van der Waals surface area contributed by atoms with Crippen molar-refractivity contribution in [3.63, 3.8) is 0 Å². The molecule has 1 fully saturated rings. The highest BCUT2D eigenvalue weighted by Crippen LogP contribution is 2.20. The van der Waals surface area contributed by atoms with Crippen LogP contribution in [-0.4, -0.2) is 13.1 Å². The van der Waals surface area contributed by atoms with Gasteiger partial charge >= 0.3 is 0 Å². The molecule has 1 aromatic heterocycles. The zero-order valence-electron chi connectivity index (χ0n) is 12.7. The normalized spacial score (nSPS) is 16.9. The zero-order valence-corrected chi connectivity index (χ0v) is 12.7. The highest BCUT2D eigenvalue weighted by Gasteiger charge is 2.11. The molecule has 2 aromatic rings. The fourth-order valence-electron chi connectivity index (χ4n) is 2.89. The maximum atomic E-state index is 5.41. The largest absolute Gasteiger partial charge is 0.468 e. The molecule has 2 heterocycles. The Balaban J connectivity index is 1.54. The molecule has 1 aromatic carbocycles. The summed E-state index contributed by atoms with van der Waals surface area (Å²) in [6.07, 6.45) is 5.75. The molecule has 1 saturated heterocycles. The molecular formula is C18H24N2O. The Morgan fingerprint density at radius 3 is 2.52 bits per heavy atom. The van der Waals surface area contributed by atoms with E-state index in [1.165, 1.54) is 43.6 Å². The number of anilines is 1. The standard InChI is InChI=1S/C18H24N2O/c1-15(18-6-5-13-21-18)19-14-16-7-9-17(10-8-16)20-11-3-2-4-12-20/h5-10,13,15,19H,2-4,11-12,14H2,1H3/t15-/m0/s1. The van der Waals surface area contributed by atoms with Crippen LogP contribution in [0.3, 0.4) is 0 Å². The SMILES string of the molecule is C[C@H](NCc1ccc(N2CCCCC2)cc1)c1ccco1. The lowest BCUT2D eigenvalue weighted by molar-refractivity contribution is 0.430. The molecule has 1 aliphatic rings. The smallest absolute Gasteiger partial charge is 0.120 e. The van der Waals surface area contributed by atoms with Crippen LogP contribution < -0.4 is 10.2 Å². The van der Waals surface area contributed by atoms with Crippen LogP contribution in [0.2, 0.25) is 0 Å². The quantitative estimate of drug-likeness (QED) is 0.895. The summed E-state index contributed by atoms with van der Waals surface area (Å²) in [5, 5.41) is 3.49. The molecule has 3 heteroatoms. The number of hydrogen-bond acceptors (Lipinski definition) is 3. The highest BCUT2D eigenvalue weighted by atomic mass is 16.3. The summed E-state index contributed by atoms with van der Waals surface area (Å²) in [6.45, 7) is 5.39. The van der Waals surface area contributed by atoms with Crippen molar-refractivity contribution in [2.75, 3.05) is 18.0 Å². The Morgan fingerprint density at radius 2 is 1.86 bits per heavy atom. The van der Waals surface area contributed by atoms with Gasteiger partial charge in [-0.05, 0) is 56.0 Å². The van der Waals surface area contributed by atoms with Crippen LogP contribution in [0.5, 0.6) is 0 Å². The summed E-state index contributed by atoms with van der Waals surface area (Å²) < 4.78 is 5.41. The summed E-state index contributed by atoms with van der Waals surface area (Å²) in [5.74, 6) is 0.986. The topological polar surface area (TPSA) is 28.4 Å². The first kappa shape index (κ1) is 14.2. The second-order valence-corrected chi connectivity index (χ2v) is 5.83. The van der Waals surface area contributed by atoms with E-state index in [1.54, 1.807) is 6.26 Å². The number of nitrogens with one attached hydrogen (secondary N) is 1. The number of piperidine rings is 1. The van der Waals surface area contributed by atoms with Crippen molar-refractivity contribution in [2.24, 2.45) is 0 Å². The molecular weight excluding hydrogens is 260 g/mol. The van der Waals surface area contributed by atoms with Gasteiger partial charge in [-0.25, -0.2) is 0 Å². The first-order valence-corrected chi connectivity index (χ1v) is 7.93. The van der Waals surface area contributed by atoms with Crippen molar-refractivity contribution in [3.05, 3.63) is 54.0 Å². The van der Waals surface area contributed by atoms with E-state index in [1.807, 2.05) is 12.1 Å². The molecule has 0 saturated carbocycles. The van der Waals surface area contributed by atoms with Crippen LogP contribution >= 0.6 is 0 Å². The van der Waals surface area contributed by atoms with Gasteiger partial charge in [0.15, 0.2) is 0 Å². The number of rotatable bonds is 5. The molecule has 0 radical (unpaired) electrons. The number of benzene rings is 1. The van der Waals surface area contributed by atoms with Gasteiger partial charge in [0.25, 0.3) is 0 Å². The Kier molecular flexibility index (Phi) is 4.61. The lowest BCUT2D eigenvalue weighted by Crippen LogP contribution is -2.29. The third-order valence-electron chi connectivity index (χ3n) is 4.24. The van der Waals surface area contributed by atoms with Gasteiger partial charge in [0.2, 0.25) is 0 Å². The molecule has 0 bridgehead atoms. The molecule has 0 unspecified atom stereocenters. The lowest BCUT2D eigenvalue weighted by Gasteiger charge is -2.28. The van der Waals surface area contributed by atoms with Gasteiger partial charge in [-0.15, -0.1) is 0 Å². The molecule has 3 nitrogen and oxygen atoms in total. The first-order chi connectivity index (χ1) is 10.3. The molecule has 1 N–H and O–H groups in total. The van der Waals surface area contributed by atoms with E-state index in [2.05, 4.69) is 41.4 Å². The number of furan rings is 1. The molecule has 0 aliphatic carbocycles. The van der Waals surface area contributed by atoms with Crippen LogP contribution in [0.25, 0.3) is 0 Å². The minimum atomic E-state index is 0.238. The van der Waals surface area contributed by atoms with Crippen LogP contribution in [0.1, 0.15) is 43.6 Å². The van der Waals surface area contributed by atoms with Crippen molar-refractivity contribution in [1.29, 1.82) is 0 Å². The Labute approximate surface area is 127 Å². The summed E-state index contributed by atoms with van der Waals surface area (Å²) in [6, 6.07) is 13.1. The number of nitrogens with zero attached hydrogens (tertiary/aromatic N) is 1. The third-order valence-corrected chi connectivity index (χ3v) is 4.24. The first-order valence-electron chi connectivity index (χ1n) is 7.93. The molecule has 112 valence electrons. The molecule has 0 amide bonds. The van der Waals surface area contributed by atoms with E-state index in [9.17, 15) is 0 Å². The summed E-state index contributed by atoms with van der Waals surface area (Å²) >= 11 is 0. The fraction of sp³-hybridized carbons (Fsp3) is 0.444. The maximum Gasteiger partial charge on any atom is 0.120 e. The van der Waals surface area contributed by atoms with Gasteiger partial charge in [0, 0.05) is 25.3 Å². The minimum absolute atomic E-state index is 0.238. The van der Waals surface area contributed by atoms with Gasteiger partial charge in [0.05, 0.1) is 12.3 Å². The average molecular weight is 284 g/mol. The maximum absolute atomic E-state index is 5.41. The van der Waals surface area contributed by atoms with Crippen molar-refractivity contribution in [2.45, 2.75) is 38.8 Å². The predicted molar refractivity (Wildman–Crippen MR) is 86.5 cm³/mol. The predicted octanol–water partition coefficient (Wildman–Crippen LogP) is 4.12. The van der Waals surface area contributed by atoms with Gasteiger partial charge in [0.1, 0.15) is 5.76 Å². The summed E-state index contributed by atoms with van der Waals surface area (Å²) in [5.41, 5.74) is 2.67. The van der Waals surface area contributed by atoms with E-state index in [4.69, 9.17) is 4.42 Å². The van der Waals surface area contributed by atoms with Crippen LogP contribution in [0.15, 0.2) is 47.1 Å². The van der Waals surface area contributed by atoms with Crippen LogP contribution in [-0.2, 0) is 6.54 Å². The van der Waals surface area contributed by atoms with E-state index in [0.29, 0.717) is 0 Å². The van der Waals surface area contributed by atoms with Gasteiger partial charge < -0.3 is 14.6 Å². The van der Waals surface area contributed by atoms with Crippen LogP contribution in [0, 0.1) is 0 Å². The van der Waals surface area contributed by atoms with E-state index >= 15 is 0 Å². The van der Waals surface area contributed by atoms with Crippen molar-refractivity contribution in [3.8, 4) is 0 Å². The molecule has 1 aliphatic heterocycles. The summed E-state index contributed by atoms with van der Waals surface area (Å²) in [7, 11) is 0. The Morgan fingerprint density at radius 1 is 1.10 bits per heavy atom. The summed E-state index contributed by atoms with van der Waals surface area (Å²) in [4.78, 5) is 2.49. The van der Waals surface area contributed by atoms with Crippen molar-refractivity contribution >= 4 is 5.69 Å². The van der Waals surface area contributed by atoms with Crippen molar-refractivity contribution < 1.29 is 4.42 Å². The third kappa shape index (κ3) is 3.67. The second kappa shape index (κ2) is 6.81. The van der Waals surface area contributed by atoms with Gasteiger partial charge in [-0.3, -0.25) is 0 Å². The number of hydrogen-bond donors (Lipinski definition) is 1. The molecule has 0 spiro atoms. The molecule has 21 heavy (non-hydrogen) atoms. The van der Waals surface area contributed by atoms with Crippen LogP contribution in [0.4, 0.5) is 5.69 Å². The van der Waals surface area contributed by atoms with E-state index < -0.39 is 0 Å². The van der Waals surface area contributed by atoms with Gasteiger partial charge in [-0.2, -0.15) is 0 Å². The Hall–Kier alpha value is -1.74. The molecule has 3 rings (SSSR count). The fourth-order valence-corrected chi connectivity index (χ4v) is 2.89. The van der Waals surface area contributed by atoms with E-state index in [0.717, 1.165) is 12.3 Å². The average Bonchev–Trinajstić information content (AvgIpc) is 3.08. The zero-order chi connectivity index (χ0) is 14.5. The Bertz CT molecular complexity index is 527. The monoisotopic (exact) mass is 284 g/mol. The van der Waals surface area contributed by atoms with E-state index in [-0.39, 0.29) is 6.04 Å². The van der Waals surface area contributed by atoms with Crippen molar-refractivity contribution in [1.82, 2.24) is 5.32 Å². The highest BCUT2D eigenvalue weighted by molar-refractivity contribution is 5.47. The van der Waals surface area contributed by atoms with Gasteiger partial charge in [-0.1, -0.05) is 12.1 Å². The molecule has 1 atom stereocenters. The lowest BCUT2D eigenvalue weighted by atomic mass is 10.1. The minimum Gasteiger partial charge on any atom is -0.468 e.